The lowest BCUT2D eigenvalue weighted by atomic mass is 10.1. The minimum absolute atomic E-state index is 0.552. The smallest absolute Gasteiger partial charge is 0.0762 e. The van der Waals surface area contributed by atoms with Crippen molar-refractivity contribution in [2.24, 2.45) is 0 Å². The molecule has 18 heavy (non-hydrogen) atoms. The fraction of sp³-hybridized carbons (Fsp3) is 0.800. The van der Waals surface area contributed by atoms with E-state index < -0.39 is 0 Å². The van der Waals surface area contributed by atoms with Gasteiger partial charge in [0.25, 0.3) is 0 Å². The summed E-state index contributed by atoms with van der Waals surface area (Å²) in [5.41, 5.74) is 1.16. The van der Waals surface area contributed by atoms with Crippen molar-refractivity contribution in [3.8, 4) is 0 Å². The molecule has 104 valence electrons. The van der Waals surface area contributed by atoms with Crippen molar-refractivity contribution in [2.45, 2.75) is 78.4 Å². The minimum Gasteiger partial charge on any atom is -0.308 e. The first-order valence-electron chi connectivity index (χ1n) is 7.52. The molecule has 0 aromatic carbocycles. The maximum absolute atomic E-state index is 4.67. The molecular weight excluding hydrogens is 222 g/mol. The van der Waals surface area contributed by atoms with Crippen LogP contribution in [0.1, 0.15) is 71.5 Å². The van der Waals surface area contributed by atoms with Gasteiger partial charge in [-0.3, -0.25) is 4.68 Å². The summed E-state index contributed by atoms with van der Waals surface area (Å²) < 4.78 is 2.12. The van der Waals surface area contributed by atoms with Crippen LogP contribution in [0.4, 0.5) is 0 Å². The summed E-state index contributed by atoms with van der Waals surface area (Å²) in [4.78, 5) is 0. The number of hydrogen-bond donors (Lipinski definition) is 1. The van der Waals surface area contributed by atoms with Crippen molar-refractivity contribution in [1.82, 2.24) is 15.1 Å². The summed E-state index contributed by atoms with van der Waals surface area (Å²) >= 11 is 0. The molecule has 1 unspecified atom stereocenters. The van der Waals surface area contributed by atoms with E-state index in [1.54, 1.807) is 0 Å². The molecule has 0 aliphatic heterocycles. The Bertz CT molecular complexity index is 315. The van der Waals surface area contributed by atoms with Gasteiger partial charge in [-0.1, -0.05) is 34.1 Å². The first kappa shape index (κ1) is 15.2. The molecule has 0 saturated carbocycles. The first-order chi connectivity index (χ1) is 8.74. The Hall–Kier alpha value is -0.830. The lowest BCUT2D eigenvalue weighted by Crippen LogP contribution is -2.27. The van der Waals surface area contributed by atoms with E-state index in [4.69, 9.17) is 0 Å². The number of rotatable bonds is 9. The second kappa shape index (κ2) is 8.30. The van der Waals surface area contributed by atoms with Gasteiger partial charge in [-0.05, 0) is 31.7 Å². The van der Waals surface area contributed by atoms with Crippen LogP contribution in [0.5, 0.6) is 0 Å². The second-order valence-electron chi connectivity index (χ2n) is 5.03. The molecule has 3 nitrogen and oxygen atoms in total. The maximum Gasteiger partial charge on any atom is 0.0762 e. The van der Waals surface area contributed by atoms with Gasteiger partial charge in [-0.2, -0.15) is 5.10 Å². The maximum atomic E-state index is 4.67. The zero-order valence-electron chi connectivity index (χ0n) is 12.4. The molecule has 0 spiro atoms. The molecule has 1 aromatic rings. The topological polar surface area (TPSA) is 29.9 Å². The van der Waals surface area contributed by atoms with Crippen LogP contribution in [-0.4, -0.2) is 15.8 Å². The van der Waals surface area contributed by atoms with Crippen LogP contribution in [0, 0.1) is 0 Å². The third-order valence-electron chi connectivity index (χ3n) is 3.68. The summed E-state index contributed by atoms with van der Waals surface area (Å²) in [6, 6.07) is 3.33. The molecule has 0 amide bonds. The third kappa shape index (κ3) is 4.45. The number of hydrogen-bond acceptors (Lipinski definition) is 2. The summed E-state index contributed by atoms with van der Waals surface area (Å²) in [6.45, 7) is 9.83. The van der Waals surface area contributed by atoms with Gasteiger partial charge in [0.15, 0.2) is 0 Å². The quantitative estimate of drug-likeness (QED) is 0.721. The fourth-order valence-electron chi connectivity index (χ4n) is 2.39. The van der Waals surface area contributed by atoms with Crippen molar-refractivity contribution < 1.29 is 0 Å². The molecule has 1 atom stereocenters. The highest BCUT2D eigenvalue weighted by Crippen LogP contribution is 2.14. The van der Waals surface area contributed by atoms with Crippen LogP contribution < -0.4 is 5.32 Å². The highest BCUT2D eigenvalue weighted by molar-refractivity contribution is 4.99. The van der Waals surface area contributed by atoms with E-state index in [2.05, 4.69) is 55.1 Å². The number of nitrogens with one attached hydrogen (secondary N) is 1. The molecule has 1 heterocycles. The standard InChI is InChI=1S/C15H29N3/c1-5-9-13(6-2)16-12-14-10-11-18(17-14)15(7-3)8-4/h10-11,13,15-16H,5-9,12H2,1-4H3. The highest BCUT2D eigenvalue weighted by Gasteiger charge is 2.09. The Morgan fingerprint density at radius 3 is 2.44 bits per heavy atom. The van der Waals surface area contributed by atoms with Crippen molar-refractivity contribution in [2.75, 3.05) is 0 Å². The number of nitrogens with zero attached hydrogens (tertiary/aromatic N) is 2. The van der Waals surface area contributed by atoms with E-state index in [0.29, 0.717) is 12.1 Å². The predicted molar refractivity (Wildman–Crippen MR) is 77.7 cm³/mol. The van der Waals surface area contributed by atoms with Crippen LogP contribution in [0.3, 0.4) is 0 Å². The normalized spacial score (nSPS) is 13.2. The van der Waals surface area contributed by atoms with E-state index in [9.17, 15) is 0 Å². The Balaban J connectivity index is 2.48. The third-order valence-corrected chi connectivity index (χ3v) is 3.68. The zero-order valence-corrected chi connectivity index (χ0v) is 12.4. The van der Waals surface area contributed by atoms with Crippen LogP contribution >= 0.6 is 0 Å². The predicted octanol–water partition coefficient (Wildman–Crippen LogP) is 3.91. The summed E-state index contributed by atoms with van der Waals surface area (Å²) in [5, 5.41) is 8.27. The summed E-state index contributed by atoms with van der Waals surface area (Å²) in [7, 11) is 0. The Labute approximate surface area is 112 Å². The van der Waals surface area contributed by atoms with Gasteiger partial charge < -0.3 is 5.32 Å². The van der Waals surface area contributed by atoms with E-state index in [1.165, 1.54) is 19.3 Å². The fourth-order valence-corrected chi connectivity index (χ4v) is 2.39. The SMILES string of the molecule is CCCC(CC)NCc1ccn(C(CC)CC)n1. The molecule has 0 fully saturated rings. The first-order valence-corrected chi connectivity index (χ1v) is 7.52. The van der Waals surface area contributed by atoms with E-state index in [1.807, 2.05) is 0 Å². The van der Waals surface area contributed by atoms with Gasteiger partial charge in [0.1, 0.15) is 0 Å². The molecule has 0 aliphatic carbocycles. The van der Waals surface area contributed by atoms with Crippen molar-refractivity contribution in [3.05, 3.63) is 18.0 Å². The van der Waals surface area contributed by atoms with Gasteiger partial charge in [0, 0.05) is 18.8 Å². The average molecular weight is 251 g/mol. The molecule has 0 radical (unpaired) electrons. The largest absolute Gasteiger partial charge is 0.308 e. The Kier molecular flexibility index (Phi) is 7.02. The van der Waals surface area contributed by atoms with Crippen LogP contribution in [-0.2, 0) is 6.54 Å². The minimum atomic E-state index is 0.552. The Morgan fingerprint density at radius 2 is 1.89 bits per heavy atom. The molecule has 1 N–H and O–H groups in total. The van der Waals surface area contributed by atoms with Crippen LogP contribution in [0.2, 0.25) is 0 Å². The van der Waals surface area contributed by atoms with Crippen molar-refractivity contribution in [1.29, 1.82) is 0 Å². The van der Waals surface area contributed by atoms with Crippen LogP contribution in [0.25, 0.3) is 0 Å². The second-order valence-corrected chi connectivity index (χ2v) is 5.03. The van der Waals surface area contributed by atoms with Crippen molar-refractivity contribution >= 4 is 0 Å². The molecule has 3 heteroatoms. The van der Waals surface area contributed by atoms with E-state index in [-0.39, 0.29) is 0 Å². The Morgan fingerprint density at radius 1 is 1.17 bits per heavy atom. The van der Waals surface area contributed by atoms with Gasteiger partial charge >= 0.3 is 0 Å². The van der Waals surface area contributed by atoms with Gasteiger partial charge in [-0.15, -0.1) is 0 Å². The molecule has 1 aromatic heterocycles. The molecular formula is C15H29N3. The average Bonchev–Trinajstić information content (AvgIpc) is 2.85. The lowest BCUT2D eigenvalue weighted by Gasteiger charge is -2.15. The molecule has 0 aliphatic rings. The van der Waals surface area contributed by atoms with Gasteiger partial charge in [0.2, 0.25) is 0 Å². The lowest BCUT2D eigenvalue weighted by molar-refractivity contribution is 0.418. The molecule has 1 rings (SSSR count). The zero-order chi connectivity index (χ0) is 13.4. The van der Waals surface area contributed by atoms with E-state index in [0.717, 1.165) is 25.1 Å². The van der Waals surface area contributed by atoms with Gasteiger partial charge in [0.05, 0.1) is 11.7 Å². The van der Waals surface area contributed by atoms with E-state index >= 15 is 0 Å². The highest BCUT2D eigenvalue weighted by atomic mass is 15.3. The molecule has 0 saturated heterocycles. The van der Waals surface area contributed by atoms with Crippen LogP contribution in [0.15, 0.2) is 12.3 Å². The summed E-state index contributed by atoms with van der Waals surface area (Å²) in [5.74, 6) is 0. The van der Waals surface area contributed by atoms with Gasteiger partial charge in [-0.25, -0.2) is 0 Å². The van der Waals surface area contributed by atoms with Crippen molar-refractivity contribution in [3.63, 3.8) is 0 Å². The monoisotopic (exact) mass is 251 g/mol. The summed E-state index contributed by atoms with van der Waals surface area (Å²) in [6.07, 6.45) is 8.12. The molecule has 0 bridgehead atoms. The number of aromatic nitrogens is 2.